The van der Waals surface area contributed by atoms with Gasteiger partial charge in [0.15, 0.2) is 0 Å². The third-order valence-corrected chi connectivity index (χ3v) is 2.68. The first kappa shape index (κ1) is 11.8. The van der Waals surface area contributed by atoms with Gasteiger partial charge in [0, 0.05) is 12.6 Å². The standard InChI is InChI=1S/C6H16N2O3S/c1-3-6(5-9)8-12(10,11)7-4-2/h6-9H,3-5H2,1-2H3. The predicted molar refractivity (Wildman–Crippen MR) is 46.9 cm³/mol. The highest BCUT2D eigenvalue weighted by atomic mass is 32.2. The number of hydrogen-bond donors (Lipinski definition) is 3. The lowest BCUT2D eigenvalue weighted by atomic mass is 10.3. The summed E-state index contributed by atoms with van der Waals surface area (Å²) in [5.74, 6) is 0. The molecule has 0 heterocycles. The molecule has 0 amide bonds. The lowest BCUT2D eigenvalue weighted by molar-refractivity contribution is 0.253. The van der Waals surface area contributed by atoms with Crippen LogP contribution in [0.3, 0.4) is 0 Å². The van der Waals surface area contributed by atoms with Crippen molar-refractivity contribution in [1.29, 1.82) is 0 Å². The van der Waals surface area contributed by atoms with Crippen LogP contribution in [0.25, 0.3) is 0 Å². The van der Waals surface area contributed by atoms with Crippen LogP contribution in [-0.2, 0) is 10.2 Å². The average molecular weight is 196 g/mol. The zero-order valence-electron chi connectivity index (χ0n) is 7.37. The summed E-state index contributed by atoms with van der Waals surface area (Å²) >= 11 is 0. The maximum atomic E-state index is 11.0. The van der Waals surface area contributed by atoms with Gasteiger partial charge >= 0.3 is 0 Å². The molecule has 0 aromatic heterocycles. The largest absolute Gasteiger partial charge is 0.395 e. The van der Waals surface area contributed by atoms with Crippen molar-refractivity contribution in [3.05, 3.63) is 0 Å². The molecular formula is C6H16N2O3S. The quantitative estimate of drug-likeness (QED) is 0.520. The van der Waals surface area contributed by atoms with E-state index in [1.54, 1.807) is 13.8 Å². The Bertz CT molecular complexity index is 199. The summed E-state index contributed by atoms with van der Waals surface area (Å²) in [6.45, 7) is 3.66. The number of aliphatic hydroxyl groups is 1. The summed E-state index contributed by atoms with van der Waals surface area (Å²) in [4.78, 5) is 0. The molecule has 0 aromatic rings. The minimum absolute atomic E-state index is 0.179. The minimum atomic E-state index is -3.42. The summed E-state index contributed by atoms with van der Waals surface area (Å²) < 4.78 is 26.6. The van der Waals surface area contributed by atoms with Gasteiger partial charge < -0.3 is 5.11 Å². The summed E-state index contributed by atoms with van der Waals surface area (Å²) in [6, 6.07) is -0.394. The fourth-order valence-electron chi connectivity index (χ4n) is 0.701. The molecule has 0 bridgehead atoms. The molecule has 0 aliphatic heterocycles. The molecule has 1 unspecified atom stereocenters. The van der Waals surface area contributed by atoms with E-state index < -0.39 is 16.3 Å². The van der Waals surface area contributed by atoms with Crippen molar-refractivity contribution in [3.63, 3.8) is 0 Å². The number of aliphatic hydroxyl groups excluding tert-OH is 1. The second-order valence-corrected chi connectivity index (χ2v) is 3.94. The molecule has 0 fully saturated rings. The van der Waals surface area contributed by atoms with E-state index in [2.05, 4.69) is 9.44 Å². The fourth-order valence-corrected chi connectivity index (χ4v) is 1.84. The zero-order chi connectivity index (χ0) is 9.61. The molecule has 0 radical (unpaired) electrons. The molecule has 0 aliphatic carbocycles. The van der Waals surface area contributed by atoms with Crippen molar-refractivity contribution in [3.8, 4) is 0 Å². The van der Waals surface area contributed by atoms with Gasteiger partial charge in [0.25, 0.3) is 10.2 Å². The fraction of sp³-hybridized carbons (Fsp3) is 1.00. The Morgan fingerprint density at radius 3 is 2.33 bits per heavy atom. The molecule has 74 valence electrons. The Hall–Kier alpha value is -0.170. The number of rotatable bonds is 6. The molecule has 5 nitrogen and oxygen atoms in total. The summed E-state index contributed by atoms with van der Waals surface area (Å²) in [6.07, 6.45) is 0.571. The van der Waals surface area contributed by atoms with E-state index in [0.29, 0.717) is 13.0 Å². The Balaban J connectivity index is 4.03. The van der Waals surface area contributed by atoms with Crippen molar-refractivity contribution >= 4 is 10.2 Å². The van der Waals surface area contributed by atoms with Crippen LogP contribution in [-0.4, -0.2) is 32.7 Å². The molecule has 0 spiro atoms. The number of hydrogen-bond acceptors (Lipinski definition) is 3. The van der Waals surface area contributed by atoms with Crippen LogP contribution in [0.1, 0.15) is 20.3 Å². The maximum absolute atomic E-state index is 11.0. The average Bonchev–Trinajstić information content (AvgIpc) is 2.00. The second-order valence-electron chi connectivity index (χ2n) is 2.41. The smallest absolute Gasteiger partial charge is 0.277 e. The second kappa shape index (κ2) is 5.47. The van der Waals surface area contributed by atoms with E-state index in [1.807, 2.05) is 0 Å². The van der Waals surface area contributed by atoms with Crippen LogP contribution in [0, 0.1) is 0 Å². The zero-order valence-corrected chi connectivity index (χ0v) is 8.19. The van der Waals surface area contributed by atoms with Gasteiger partial charge in [0.1, 0.15) is 0 Å². The van der Waals surface area contributed by atoms with E-state index in [0.717, 1.165) is 0 Å². The Labute approximate surface area is 73.4 Å². The molecule has 1 atom stereocenters. The Morgan fingerprint density at radius 2 is 2.00 bits per heavy atom. The number of nitrogens with one attached hydrogen (secondary N) is 2. The van der Waals surface area contributed by atoms with Crippen LogP contribution in [0.2, 0.25) is 0 Å². The lowest BCUT2D eigenvalue weighted by Gasteiger charge is -2.13. The third kappa shape index (κ3) is 4.66. The van der Waals surface area contributed by atoms with Gasteiger partial charge in [0.2, 0.25) is 0 Å². The summed E-state index contributed by atoms with van der Waals surface area (Å²) in [5.41, 5.74) is 0. The van der Waals surface area contributed by atoms with Gasteiger partial charge in [-0.2, -0.15) is 13.1 Å². The first-order chi connectivity index (χ1) is 5.55. The van der Waals surface area contributed by atoms with Gasteiger partial charge in [-0.15, -0.1) is 0 Å². The highest BCUT2D eigenvalue weighted by Crippen LogP contribution is 1.90. The van der Waals surface area contributed by atoms with Crippen molar-refractivity contribution in [1.82, 2.24) is 9.44 Å². The normalized spacial score (nSPS) is 14.6. The van der Waals surface area contributed by atoms with Crippen LogP contribution >= 0.6 is 0 Å². The monoisotopic (exact) mass is 196 g/mol. The topological polar surface area (TPSA) is 78.4 Å². The highest BCUT2D eigenvalue weighted by Gasteiger charge is 2.13. The van der Waals surface area contributed by atoms with E-state index in [4.69, 9.17) is 5.11 Å². The minimum Gasteiger partial charge on any atom is -0.395 e. The molecule has 0 rings (SSSR count). The Kier molecular flexibility index (Phi) is 5.39. The van der Waals surface area contributed by atoms with Crippen LogP contribution in [0.5, 0.6) is 0 Å². The molecule has 12 heavy (non-hydrogen) atoms. The van der Waals surface area contributed by atoms with Gasteiger partial charge in [-0.25, -0.2) is 4.72 Å². The maximum Gasteiger partial charge on any atom is 0.277 e. The summed E-state index contributed by atoms with van der Waals surface area (Å²) in [7, 11) is -3.42. The molecule has 0 aliphatic rings. The SMILES string of the molecule is CCNS(=O)(=O)NC(CC)CO. The van der Waals surface area contributed by atoms with Gasteiger partial charge in [-0.3, -0.25) is 0 Å². The molecule has 3 N–H and O–H groups in total. The van der Waals surface area contributed by atoms with Crippen molar-refractivity contribution in [2.24, 2.45) is 0 Å². The van der Waals surface area contributed by atoms with Crippen molar-refractivity contribution < 1.29 is 13.5 Å². The Morgan fingerprint density at radius 1 is 1.42 bits per heavy atom. The van der Waals surface area contributed by atoms with Crippen molar-refractivity contribution in [2.75, 3.05) is 13.2 Å². The van der Waals surface area contributed by atoms with Crippen molar-refractivity contribution in [2.45, 2.75) is 26.3 Å². The van der Waals surface area contributed by atoms with Crippen LogP contribution in [0.4, 0.5) is 0 Å². The molecular weight excluding hydrogens is 180 g/mol. The summed E-state index contributed by atoms with van der Waals surface area (Å²) in [5, 5.41) is 8.70. The highest BCUT2D eigenvalue weighted by molar-refractivity contribution is 7.87. The van der Waals surface area contributed by atoms with E-state index in [1.165, 1.54) is 0 Å². The van der Waals surface area contributed by atoms with E-state index in [9.17, 15) is 8.42 Å². The molecule has 6 heteroatoms. The first-order valence-corrected chi connectivity index (χ1v) is 5.41. The van der Waals surface area contributed by atoms with Gasteiger partial charge in [0.05, 0.1) is 6.61 Å². The van der Waals surface area contributed by atoms with Crippen LogP contribution in [0.15, 0.2) is 0 Å². The van der Waals surface area contributed by atoms with E-state index >= 15 is 0 Å². The van der Waals surface area contributed by atoms with Crippen LogP contribution < -0.4 is 9.44 Å². The third-order valence-electron chi connectivity index (χ3n) is 1.37. The molecule has 0 aromatic carbocycles. The van der Waals surface area contributed by atoms with Gasteiger partial charge in [-0.05, 0) is 6.42 Å². The molecule has 0 saturated heterocycles. The lowest BCUT2D eigenvalue weighted by Crippen LogP contribution is -2.43. The van der Waals surface area contributed by atoms with E-state index in [-0.39, 0.29) is 6.61 Å². The van der Waals surface area contributed by atoms with Gasteiger partial charge in [-0.1, -0.05) is 13.8 Å². The first-order valence-electron chi connectivity index (χ1n) is 3.93. The predicted octanol–water partition coefficient (Wildman–Crippen LogP) is -0.799. The molecule has 0 saturated carbocycles.